The Morgan fingerprint density at radius 3 is 2.75 bits per heavy atom. The number of piperidine rings is 1. The second-order valence-electron chi connectivity index (χ2n) is 3.78. The predicted molar refractivity (Wildman–Crippen MR) is 49.7 cm³/mol. The molecule has 1 fully saturated rings. The second-order valence-corrected chi connectivity index (χ2v) is 3.78. The Balaban J connectivity index is 2.67. The summed E-state index contributed by atoms with van der Waals surface area (Å²) < 4.78 is 0. The van der Waals surface area contributed by atoms with Crippen molar-refractivity contribution in [1.82, 2.24) is 5.32 Å². The quantitative estimate of drug-likeness (QED) is 0.681. The summed E-state index contributed by atoms with van der Waals surface area (Å²) in [5, 5.41) is 12.5. The Hall–Kier alpha value is -0.550. The lowest BCUT2D eigenvalue weighted by Gasteiger charge is -2.36. The van der Waals surface area contributed by atoms with Gasteiger partial charge in [-0.15, -0.1) is 0 Å². The Labute approximate surface area is 75.0 Å². The molecule has 1 heterocycles. The predicted octanol–water partition coefficient (Wildman–Crippen LogP) is 2.07. The molecule has 0 bridgehead atoms. The van der Waals surface area contributed by atoms with Gasteiger partial charge in [-0.05, 0) is 31.7 Å². The number of nitrogens with zero attached hydrogens (tertiary/aromatic N) is 1. The van der Waals surface area contributed by atoms with Crippen molar-refractivity contribution in [1.29, 1.82) is 5.26 Å². The minimum absolute atomic E-state index is 0.215. The highest BCUT2D eigenvalue weighted by atomic mass is 15.0. The number of rotatable bonds is 2. The fourth-order valence-electron chi connectivity index (χ4n) is 1.90. The molecule has 1 N–H and O–H groups in total. The molecule has 1 aliphatic heterocycles. The van der Waals surface area contributed by atoms with Gasteiger partial charge in [-0.3, -0.25) is 5.32 Å². The summed E-state index contributed by atoms with van der Waals surface area (Å²) >= 11 is 0. The average Bonchev–Trinajstić information content (AvgIpc) is 2.17. The molecule has 2 heteroatoms. The second kappa shape index (κ2) is 3.91. The maximum atomic E-state index is 9.13. The van der Waals surface area contributed by atoms with Crippen LogP contribution in [0.3, 0.4) is 0 Å². The van der Waals surface area contributed by atoms with Gasteiger partial charge in [0.15, 0.2) is 0 Å². The van der Waals surface area contributed by atoms with Crippen LogP contribution in [0.1, 0.15) is 39.5 Å². The zero-order chi connectivity index (χ0) is 9.03. The monoisotopic (exact) mass is 166 g/mol. The molecule has 2 nitrogen and oxygen atoms in total. The van der Waals surface area contributed by atoms with Crippen LogP contribution in [-0.2, 0) is 0 Å². The van der Waals surface area contributed by atoms with Gasteiger partial charge in [-0.2, -0.15) is 5.26 Å². The summed E-state index contributed by atoms with van der Waals surface area (Å²) in [6, 6.07) is 2.46. The molecule has 1 saturated heterocycles. The number of nitriles is 1. The third-order valence-electron chi connectivity index (χ3n) is 3.09. The normalized spacial score (nSPS) is 32.4. The molecule has 0 spiro atoms. The van der Waals surface area contributed by atoms with Crippen molar-refractivity contribution in [2.45, 2.75) is 45.1 Å². The lowest BCUT2D eigenvalue weighted by atomic mass is 9.78. The summed E-state index contributed by atoms with van der Waals surface area (Å²) in [5.74, 6) is 0.475. The van der Waals surface area contributed by atoms with E-state index in [2.05, 4.69) is 25.2 Å². The van der Waals surface area contributed by atoms with Gasteiger partial charge in [0, 0.05) is 0 Å². The minimum atomic E-state index is -0.215. The van der Waals surface area contributed by atoms with E-state index in [1.165, 1.54) is 12.8 Å². The molecule has 1 rings (SSSR count). The van der Waals surface area contributed by atoms with E-state index in [-0.39, 0.29) is 5.54 Å². The van der Waals surface area contributed by atoms with Gasteiger partial charge >= 0.3 is 0 Å². The van der Waals surface area contributed by atoms with Crippen molar-refractivity contribution < 1.29 is 0 Å². The molecule has 0 saturated carbocycles. The van der Waals surface area contributed by atoms with Gasteiger partial charge < -0.3 is 0 Å². The smallest absolute Gasteiger partial charge is 0.109 e. The molecule has 0 aromatic heterocycles. The van der Waals surface area contributed by atoms with Crippen molar-refractivity contribution in [3.63, 3.8) is 0 Å². The molecular formula is C10H18N2. The van der Waals surface area contributed by atoms with Gasteiger partial charge in [-0.25, -0.2) is 0 Å². The van der Waals surface area contributed by atoms with Crippen LogP contribution in [0.25, 0.3) is 0 Å². The van der Waals surface area contributed by atoms with Crippen LogP contribution in [0.5, 0.6) is 0 Å². The van der Waals surface area contributed by atoms with Crippen LogP contribution in [0.15, 0.2) is 0 Å². The van der Waals surface area contributed by atoms with Crippen molar-refractivity contribution in [3.05, 3.63) is 0 Å². The molecule has 0 aliphatic carbocycles. The minimum Gasteiger partial charge on any atom is -0.299 e. The third kappa shape index (κ3) is 1.61. The van der Waals surface area contributed by atoms with Crippen LogP contribution in [0, 0.1) is 17.2 Å². The van der Waals surface area contributed by atoms with E-state index in [1.54, 1.807) is 0 Å². The van der Waals surface area contributed by atoms with Crippen molar-refractivity contribution in [2.24, 2.45) is 5.92 Å². The van der Waals surface area contributed by atoms with E-state index in [0.717, 1.165) is 19.4 Å². The first kappa shape index (κ1) is 9.54. The largest absolute Gasteiger partial charge is 0.299 e. The maximum Gasteiger partial charge on any atom is 0.109 e. The van der Waals surface area contributed by atoms with Crippen molar-refractivity contribution in [3.8, 4) is 6.07 Å². The molecule has 2 unspecified atom stereocenters. The molecule has 1 aliphatic rings. The van der Waals surface area contributed by atoms with Crippen LogP contribution in [0.2, 0.25) is 0 Å². The van der Waals surface area contributed by atoms with E-state index < -0.39 is 0 Å². The first-order valence-corrected chi connectivity index (χ1v) is 4.91. The summed E-state index contributed by atoms with van der Waals surface area (Å²) in [6.07, 6.45) is 4.53. The van der Waals surface area contributed by atoms with Gasteiger partial charge in [0.2, 0.25) is 0 Å². The highest BCUT2D eigenvalue weighted by Gasteiger charge is 2.36. The van der Waals surface area contributed by atoms with Crippen molar-refractivity contribution >= 4 is 0 Å². The first-order valence-electron chi connectivity index (χ1n) is 4.91. The Morgan fingerprint density at radius 2 is 2.33 bits per heavy atom. The van der Waals surface area contributed by atoms with Crippen LogP contribution < -0.4 is 5.32 Å². The van der Waals surface area contributed by atoms with Crippen molar-refractivity contribution in [2.75, 3.05) is 6.54 Å². The lowest BCUT2D eigenvalue weighted by Crippen LogP contribution is -2.51. The zero-order valence-electron chi connectivity index (χ0n) is 8.06. The molecule has 0 amide bonds. The van der Waals surface area contributed by atoms with Gasteiger partial charge in [-0.1, -0.05) is 20.3 Å². The summed E-state index contributed by atoms with van der Waals surface area (Å²) in [6.45, 7) is 5.33. The third-order valence-corrected chi connectivity index (χ3v) is 3.09. The molecule has 0 radical (unpaired) electrons. The summed E-state index contributed by atoms with van der Waals surface area (Å²) in [7, 11) is 0. The van der Waals surface area contributed by atoms with Gasteiger partial charge in [0.1, 0.15) is 5.54 Å². The van der Waals surface area contributed by atoms with Crippen LogP contribution in [-0.4, -0.2) is 12.1 Å². The standard InChI is InChI=1S/C10H18N2/c1-3-9(2)10(8-11)6-4-5-7-12-10/h9,12H,3-7H2,1-2H3. The number of hydrogen-bond donors (Lipinski definition) is 1. The Kier molecular flexibility index (Phi) is 3.11. The molecule has 2 atom stereocenters. The highest BCUT2D eigenvalue weighted by molar-refractivity contribution is 5.10. The molecule has 68 valence electrons. The average molecular weight is 166 g/mol. The number of nitrogens with one attached hydrogen (secondary N) is 1. The fraction of sp³-hybridized carbons (Fsp3) is 0.900. The summed E-state index contributed by atoms with van der Waals surface area (Å²) in [5.41, 5.74) is -0.215. The Bertz CT molecular complexity index is 175. The SMILES string of the molecule is CCC(C)C1(C#N)CCCCN1. The van der Waals surface area contributed by atoms with E-state index in [4.69, 9.17) is 5.26 Å². The Morgan fingerprint density at radius 1 is 1.58 bits per heavy atom. The maximum absolute atomic E-state index is 9.13. The molecule has 0 aromatic carbocycles. The molecule has 0 aromatic rings. The number of hydrogen-bond acceptors (Lipinski definition) is 2. The van der Waals surface area contributed by atoms with E-state index >= 15 is 0 Å². The van der Waals surface area contributed by atoms with Gasteiger partial charge in [0.05, 0.1) is 6.07 Å². The fourth-order valence-corrected chi connectivity index (χ4v) is 1.90. The zero-order valence-corrected chi connectivity index (χ0v) is 8.06. The van der Waals surface area contributed by atoms with Crippen LogP contribution >= 0.6 is 0 Å². The van der Waals surface area contributed by atoms with E-state index in [1.807, 2.05) is 0 Å². The highest BCUT2D eigenvalue weighted by Crippen LogP contribution is 2.28. The van der Waals surface area contributed by atoms with E-state index in [0.29, 0.717) is 5.92 Å². The lowest BCUT2D eigenvalue weighted by molar-refractivity contribution is 0.230. The molecule has 12 heavy (non-hydrogen) atoms. The topological polar surface area (TPSA) is 35.8 Å². The summed E-state index contributed by atoms with van der Waals surface area (Å²) in [4.78, 5) is 0. The first-order chi connectivity index (χ1) is 5.75. The van der Waals surface area contributed by atoms with E-state index in [9.17, 15) is 0 Å². The van der Waals surface area contributed by atoms with Gasteiger partial charge in [0.25, 0.3) is 0 Å². The molecular weight excluding hydrogens is 148 g/mol. The van der Waals surface area contributed by atoms with Crippen LogP contribution in [0.4, 0.5) is 0 Å².